The Morgan fingerprint density at radius 2 is 2.19 bits per heavy atom. The van der Waals surface area contributed by atoms with Crippen molar-refractivity contribution in [3.8, 4) is 11.8 Å². The summed E-state index contributed by atoms with van der Waals surface area (Å²) in [5.74, 6) is 5.56. The molecule has 0 saturated carbocycles. The molecule has 0 unspecified atom stereocenters. The molecule has 1 fully saturated rings. The second-order valence-corrected chi connectivity index (χ2v) is 7.07. The van der Waals surface area contributed by atoms with Crippen molar-refractivity contribution in [3.63, 3.8) is 0 Å². The van der Waals surface area contributed by atoms with E-state index < -0.39 is 44.1 Å². The molecule has 144 valence electrons. The van der Waals surface area contributed by atoms with Gasteiger partial charge in [0, 0.05) is 19.0 Å². The molecule has 0 aromatic carbocycles. The summed E-state index contributed by atoms with van der Waals surface area (Å²) in [7, 11) is -4.70. The van der Waals surface area contributed by atoms with Gasteiger partial charge in [-0.2, -0.15) is 0 Å². The first-order valence-electron chi connectivity index (χ1n) is 8.09. The Morgan fingerprint density at radius 1 is 1.46 bits per heavy atom. The first-order chi connectivity index (χ1) is 12.2. The Morgan fingerprint density at radius 3 is 2.85 bits per heavy atom. The monoisotopic (exact) mass is 388 g/mol. The van der Waals surface area contributed by atoms with Gasteiger partial charge in [-0.3, -0.25) is 18.9 Å². The first-order valence-corrected chi connectivity index (χ1v) is 9.62. The molecule has 0 radical (unpaired) electrons. The van der Waals surface area contributed by atoms with Crippen LogP contribution in [0.15, 0.2) is 15.8 Å². The molecule has 1 saturated heterocycles. The predicted molar refractivity (Wildman–Crippen MR) is 90.3 cm³/mol. The summed E-state index contributed by atoms with van der Waals surface area (Å²) in [4.78, 5) is 43.5. The van der Waals surface area contributed by atoms with Gasteiger partial charge in [-0.25, -0.2) is 9.36 Å². The number of aromatic amines is 1. The number of ether oxygens (including phenoxy) is 1. The second-order valence-electron chi connectivity index (χ2n) is 5.83. The molecule has 1 aliphatic heterocycles. The van der Waals surface area contributed by atoms with Gasteiger partial charge >= 0.3 is 13.5 Å². The van der Waals surface area contributed by atoms with Gasteiger partial charge in [0.1, 0.15) is 17.9 Å². The molecule has 3 atom stereocenters. The Bertz CT molecular complexity index is 846. The number of aromatic nitrogens is 2. The Balaban J connectivity index is 2.17. The van der Waals surface area contributed by atoms with Crippen LogP contribution in [-0.2, 0) is 13.8 Å². The van der Waals surface area contributed by atoms with Crippen molar-refractivity contribution in [1.29, 1.82) is 0 Å². The van der Waals surface area contributed by atoms with Crippen molar-refractivity contribution >= 4 is 7.82 Å². The Hall–Kier alpha value is -1.73. The second kappa shape index (κ2) is 8.77. The summed E-state index contributed by atoms with van der Waals surface area (Å²) >= 11 is 0. The van der Waals surface area contributed by atoms with Gasteiger partial charge < -0.3 is 19.6 Å². The number of phosphoric acid groups is 1. The zero-order chi connectivity index (χ0) is 19.3. The van der Waals surface area contributed by atoms with Crippen LogP contribution in [0.1, 0.15) is 44.4 Å². The van der Waals surface area contributed by atoms with Crippen LogP contribution in [0, 0.1) is 11.8 Å². The van der Waals surface area contributed by atoms with E-state index in [1.54, 1.807) is 0 Å². The van der Waals surface area contributed by atoms with Crippen LogP contribution in [0.5, 0.6) is 0 Å². The molecule has 26 heavy (non-hydrogen) atoms. The number of phosphoric ester groups is 1. The highest BCUT2D eigenvalue weighted by atomic mass is 31.2. The maximum Gasteiger partial charge on any atom is 0.469 e. The van der Waals surface area contributed by atoms with Crippen LogP contribution in [0.4, 0.5) is 0 Å². The lowest BCUT2D eigenvalue weighted by molar-refractivity contribution is -0.0451. The van der Waals surface area contributed by atoms with Crippen molar-refractivity contribution in [2.45, 2.75) is 51.0 Å². The molecule has 1 aliphatic rings. The average Bonchev–Trinajstić information content (AvgIpc) is 2.91. The molecular weight excluding hydrogens is 367 g/mol. The molecular formula is C15H21N2O8P. The minimum atomic E-state index is -4.70. The number of aliphatic hydroxyl groups is 1. The minimum Gasteiger partial charge on any atom is -0.390 e. The first kappa shape index (κ1) is 20.6. The number of nitrogens with one attached hydrogen (secondary N) is 1. The SMILES string of the molecule is CCCCC#Cc1cn([C@H]2C[C@H](O)[C@@H](COP(=O)(O)O)O2)c(=O)[nH]c1=O. The molecule has 4 N–H and O–H groups in total. The molecule has 0 amide bonds. The van der Waals surface area contributed by atoms with E-state index in [0.29, 0.717) is 6.42 Å². The van der Waals surface area contributed by atoms with Crippen molar-refractivity contribution in [2.75, 3.05) is 6.61 Å². The van der Waals surface area contributed by atoms with E-state index in [0.717, 1.165) is 17.4 Å². The maximum absolute atomic E-state index is 12.0. The molecule has 1 aromatic heterocycles. The quantitative estimate of drug-likeness (QED) is 0.298. The van der Waals surface area contributed by atoms with Gasteiger partial charge in [0.15, 0.2) is 0 Å². The third-order valence-electron chi connectivity index (χ3n) is 3.77. The molecule has 2 heterocycles. The van der Waals surface area contributed by atoms with E-state index in [2.05, 4.69) is 21.3 Å². The van der Waals surface area contributed by atoms with Crippen molar-refractivity contribution < 1.29 is 28.7 Å². The highest BCUT2D eigenvalue weighted by Gasteiger charge is 2.37. The van der Waals surface area contributed by atoms with Crippen molar-refractivity contribution in [3.05, 3.63) is 32.6 Å². The third-order valence-corrected chi connectivity index (χ3v) is 4.25. The minimum absolute atomic E-state index is 0.0101. The van der Waals surface area contributed by atoms with E-state index in [-0.39, 0.29) is 12.0 Å². The molecule has 1 aromatic rings. The van der Waals surface area contributed by atoms with Crippen LogP contribution in [-0.4, -0.2) is 43.3 Å². The van der Waals surface area contributed by atoms with Gasteiger partial charge in [-0.1, -0.05) is 25.2 Å². The highest BCUT2D eigenvalue weighted by Crippen LogP contribution is 2.38. The maximum atomic E-state index is 12.0. The summed E-state index contributed by atoms with van der Waals surface area (Å²) < 4.78 is 21.6. The van der Waals surface area contributed by atoms with E-state index in [4.69, 9.17) is 14.5 Å². The predicted octanol–water partition coefficient (Wildman–Crippen LogP) is -0.164. The van der Waals surface area contributed by atoms with Gasteiger partial charge in [-0.15, -0.1) is 0 Å². The van der Waals surface area contributed by atoms with E-state index in [9.17, 15) is 19.3 Å². The fourth-order valence-electron chi connectivity index (χ4n) is 2.42. The average molecular weight is 388 g/mol. The smallest absolute Gasteiger partial charge is 0.390 e. The number of hydrogen-bond acceptors (Lipinski definition) is 6. The van der Waals surface area contributed by atoms with Crippen LogP contribution in [0.25, 0.3) is 0 Å². The molecule has 2 rings (SSSR count). The van der Waals surface area contributed by atoms with Crippen molar-refractivity contribution in [2.24, 2.45) is 0 Å². The van der Waals surface area contributed by atoms with Crippen LogP contribution in [0.2, 0.25) is 0 Å². The summed E-state index contributed by atoms with van der Waals surface area (Å²) in [5, 5.41) is 9.96. The van der Waals surface area contributed by atoms with E-state index in [1.165, 1.54) is 6.20 Å². The lowest BCUT2D eigenvalue weighted by atomic mass is 10.2. The number of rotatable bonds is 6. The van der Waals surface area contributed by atoms with Gasteiger partial charge in [0.05, 0.1) is 12.7 Å². The van der Waals surface area contributed by atoms with Crippen molar-refractivity contribution in [1.82, 2.24) is 9.55 Å². The Kier molecular flexibility index (Phi) is 6.94. The van der Waals surface area contributed by atoms with Gasteiger partial charge in [-0.05, 0) is 6.42 Å². The summed E-state index contributed by atoms with van der Waals surface area (Å²) in [6.07, 6.45) is 0.689. The van der Waals surface area contributed by atoms with E-state index in [1.807, 2.05) is 6.92 Å². The zero-order valence-electron chi connectivity index (χ0n) is 14.1. The summed E-state index contributed by atoms with van der Waals surface area (Å²) in [5.41, 5.74) is -1.26. The molecule has 0 aliphatic carbocycles. The van der Waals surface area contributed by atoms with E-state index >= 15 is 0 Å². The topological polar surface area (TPSA) is 151 Å². The summed E-state index contributed by atoms with van der Waals surface area (Å²) in [6, 6.07) is 0. The molecule has 10 nitrogen and oxygen atoms in total. The van der Waals surface area contributed by atoms with Crippen LogP contribution < -0.4 is 11.2 Å². The van der Waals surface area contributed by atoms with Crippen LogP contribution >= 0.6 is 7.82 Å². The number of hydrogen-bond donors (Lipinski definition) is 4. The fourth-order valence-corrected chi connectivity index (χ4v) is 2.76. The normalized spacial score (nSPS) is 22.8. The Labute approximate surface area is 149 Å². The number of aliphatic hydroxyl groups excluding tert-OH is 1. The standard InChI is InChI=1S/C15H21N2O8P/c1-2-3-4-5-6-10-8-17(15(20)16-14(10)19)13-7-11(18)12(25-13)9-24-26(21,22)23/h8,11-13,18H,2-4,7,9H2,1H3,(H,16,19,20)(H2,21,22,23)/t11-,12+,13+/m0/s1. The molecule has 0 bridgehead atoms. The number of H-pyrrole nitrogens is 1. The summed E-state index contributed by atoms with van der Waals surface area (Å²) in [6.45, 7) is 1.48. The highest BCUT2D eigenvalue weighted by molar-refractivity contribution is 7.46. The number of unbranched alkanes of at least 4 members (excludes halogenated alkanes) is 2. The molecule has 0 spiro atoms. The zero-order valence-corrected chi connectivity index (χ0v) is 15.0. The third kappa shape index (κ3) is 5.64. The lowest BCUT2D eigenvalue weighted by Gasteiger charge is -2.16. The number of nitrogens with zero attached hydrogens (tertiary/aromatic N) is 1. The van der Waals surface area contributed by atoms with Crippen LogP contribution in [0.3, 0.4) is 0 Å². The molecule has 11 heteroatoms. The van der Waals surface area contributed by atoms with Gasteiger partial charge in [0.2, 0.25) is 0 Å². The van der Waals surface area contributed by atoms with Gasteiger partial charge in [0.25, 0.3) is 5.56 Å². The lowest BCUT2D eigenvalue weighted by Crippen LogP contribution is -2.33. The fraction of sp³-hybridized carbons (Fsp3) is 0.600. The largest absolute Gasteiger partial charge is 0.469 e.